The first-order chi connectivity index (χ1) is 11.9. The number of hydrogen-bond acceptors (Lipinski definition) is 4. The van der Waals surface area contributed by atoms with Gasteiger partial charge in [-0.15, -0.1) is 0 Å². The molecular formula is C18H21N5O2. The van der Waals surface area contributed by atoms with Crippen LogP contribution in [0.2, 0.25) is 0 Å². The second-order valence-corrected chi connectivity index (χ2v) is 6.57. The van der Waals surface area contributed by atoms with Crippen molar-refractivity contribution < 1.29 is 0 Å². The van der Waals surface area contributed by atoms with E-state index in [9.17, 15) is 9.59 Å². The summed E-state index contributed by atoms with van der Waals surface area (Å²) in [6.07, 6.45) is 0. The molecule has 3 heterocycles. The Morgan fingerprint density at radius 3 is 2.60 bits per heavy atom. The van der Waals surface area contributed by atoms with Crippen molar-refractivity contribution in [2.45, 2.75) is 33.9 Å². The lowest BCUT2D eigenvalue weighted by molar-refractivity contribution is 0.633. The third-order valence-corrected chi connectivity index (χ3v) is 4.96. The molecule has 0 aliphatic carbocycles. The van der Waals surface area contributed by atoms with Crippen LogP contribution in [-0.2, 0) is 20.1 Å². The Bertz CT molecular complexity index is 1120. The molecule has 0 N–H and O–H groups in total. The summed E-state index contributed by atoms with van der Waals surface area (Å²) in [6.45, 7) is 7.74. The van der Waals surface area contributed by atoms with Crippen LogP contribution in [0.5, 0.6) is 0 Å². The van der Waals surface area contributed by atoms with Crippen LogP contribution < -0.4 is 16.1 Å². The molecule has 0 unspecified atom stereocenters. The van der Waals surface area contributed by atoms with Gasteiger partial charge in [0.15, 0.2) is 11.2 Å². The highest BCUT2D eigenvalue weighted by Crippen LogP contribution is 2.33. The molecule has 1 aliphatic rings. The Hall–Kier alpha value is -2.83. The number of anilines is 2. The molecule has 3 aromatic rings. The van der Waals surface area contributed by atoms with E-state index in [1.165, 1.54) is 20.3 Å². The van der Waals surface area contributed by atoms with E-state index < -0.39 is 0 Å². The second kappa shape index (κ2) is 5.34. The van der Waals surface area contributed by atoms with Gasteiger partial charge in [-0.1, -0.05) is 17.7 Å². The van der Waals surface area contributed by atoms with Gasteiger partial charge < -0.3 is 9.47 Å². The van der Waals surface area contributed by atoms with Gasteiger partial charge in [0.25, 0.3) is 5.56 Å². The Labute approximate surface area is 144 Å². The summed E-state index contributed by atoms with van der Waals surface area (Å²) < 4.78 is 4.66. The number of fused-ring (bicyclic) bond motifs is 3. The Kier molecular flexibility index (Phi) is 3.35. The maximum absolute atomic E-state index is 12.8. The van der Waals surface area contributed by atoms with Gasteiger partial charge in [0.05, 0.1) is 0 Å². The molecule has 0 saturated carbocycles. The molecule has 1 aromatic carbocycles. The summed E-state index contributed by atoms with van der Waals surface area (Å²) in [4.78, 5) is 31.9. The van der Waals surface area contributed by atoms with Crippen molar-refractivity contribution in [3.63, 3.8) is 0 Å². The third-order valence-electron chi connectivity index (χ3n) is 4.96. The van der Waals surface area contributed by atoms with Crippen LogP contribution in [0.25, 0.3) is 11.2 Å². The van der Waals surface area contributed by atoms with Gasteiger partial charge in [0, 0.05) is 32.4 Å². The van der Waals surface area contributed by atoms with Gasteiger partial charge in [0.1, 0.15) is 0 Å². The van der Waals surface area contributed by atoms with Gasteiger partial charge in [-0.05, 0) is 32.4 Å². The summed E-state index contributed by atoms with van der Waals surface area (Å²) in [5, 5.41) is 0. The summed E-state index contributed by atoms with van der Waals surface area (Å²) in [6, 6.07) is 6.30. The van der Waals surface area contributed by atoms with E-state index in [-0.39, 0.29) is 11.2 Å². The number of hydrogen-bond donors (Lipinski definition) is 0. The maximum atomic E-state index is 12.8. The van der Waals surface area contributed by atoms with Crippen LogP contribution in [0.1, 0.15) is 18.1 Å². The first kappa shape index (κ1) is 15.7. The molecule has 1 aliphatic heterocycles. The Balaban J connectivity index is 1.99. The van der Waals surface area contributed by atoms with Crippen molar-refractivity contribution in [2.75, 3.05) is 11.4 Å². The second-order valence-electron chi connectivity index (χ2n) is 6.57. The van der Waals surface area contributed by atoms with Crippen LogP contribution in [0.15, 0.2) is 27.8 Å². The van der Waals surface area contributed by atoms with Crippen molar-refractivity contribution in [3.05, 3.63) is 50.2 Å². The zero-order valence-electron chi connectivity index (χ0n) is 14.9. The predicted octanol–water partition coefficient (Wildman–Crippen LogP) is 1.69. The monoisotopic (exact) mass is 339 g/mol. The molecule has 130 valence electrons. The predicted molar refractivity (Wildman–Crippen MR) is 97.8 cm³/mol. The summed E-state index contributed by atoms with van der Waals surface area (Å²) in [5.41, 5.74) is 3.83. The van der Waals surface area contributed by atoms with Gasteiger partial charge in [-0.25, -0.2) is 4.79 Å². The molecule has 0 atom stereocenters. The molecule has 7 heteroatoms. The summed E-state index contributed by atoms with van der Waals surface area (Å²) in [7, 11) is 1.67. The van der Waals surface area contributed by atoms with Crippen LogP contribution >= 0.6 is 0 Å². The lowest BCUT2D eigenvalue weighted by Crippen LogP contribution is -2.39. The highest BCUT2D eigenvalue weighted by atomic mass is 16.2. The largest absolute Gasteiger partial charge is 0.332 e. The van der Waals surface area contributed by atoms with Gasteiger partial charge >= 0.3 is 5.69 Å². The minimum Gasteiger partial charge on any atom is -0.310 e. The summed E-state index contributed by atoms with van der Waals surface area (Å²) in [5.74, 6) is 0.725. The fourth-order valence-corrected chi connectivity index (χ4v) is 3.69. The topological polar surface area (TPSA) is 65.1 Å². The fourth-order valence-electron chi connectivity index (χ4n) is 3.69. The smallest absolute Gasteiger partial charge is 0.310 e. The van der Waals surface area contributed by atoms with Crippen molar-refractivity contribution in [1.82, 2.24) is 18.7 Å². The molecular weight excluding hydrogens is 318 g/mol. The van der Waals surface area contributed by atoms with E-state index in [0.29, 0.717) is 24.3 Å². The van der Waals surface area contributed by atoms with Crippen molar-refractivity contribution in [2.24, 2.45) is 7.05 Å². The van der Waals surface area contributed by atoms with Gasteiger partial charge in [-0.2, -0.15) is 4.98 Å². The molecule has 25 heavy (non-hydrogen) atoms. The fraction of sp³-hybridized carbons (Fsp3) is 0.389. The lowest BCUT2D eigenvalue weighted by Gasteiger charge is -2.19. The molecule has 0 amide bonds. The SMILES string of the molecule is CCn1c(=O)c2c(nc3n2CCN3c2ccc(C)cc2C)n(C)c1=O. The van der Waals surface area contributed by atoms with E-state index in [1.54, 1.807) is 14.0 Å². The highest BCUT2D eigenvalue weighted by molar-refractivity contribution is 5.78. The molecule has 0 bridgehead atoms. The molecule has 4 rings (SSSR count). The number of aryl methyl sites for hydroxylation is 3. The zero-order chi connectivity index (χ0) is 17.9. The van der Waals surface area contributed by atoms with E-state index >= 15 is 0 Å². The number of nitrogens with zero attached hydrogens (tertiary/aromatic N) is 5. The van der Waals surface area contributed by atoms with Crippen LogP contribution in [0.3, 0.4) is 0 Å². The van der Waals surface area contributed by atoms with Gasteiger partial charge in [0.2, 0.25) is 5.95 Å². The van der Waals surface area contributed by atoms with Crippen LogP contribution in [0.4, 0.5) is 11.6 Å². The maximum Gasteiger partial charge on any atom is 0.332 e. The van der Waals surface area contributed by atoms with E-state index in [4.69, 9.17) is 0 Å². The number of imidazole rings is 1. The van der Waals surface area contributed by atoms with Gasteiger partial charge in [-0.3, -0.25) is 13.9 Å². The minimum absolute atomic E-state index is 0.262. The van der Waals surface area contributed by atoms with Crippen molar-refractivity contribution in [3.8, 4) is 0 Å². The molecule has 0 radical (unpaired) electrons. The zero-order valence-corrected chi connectivity index (χ0v) is 14.9. The van der Waals surface area contributed by atoms with E-state index in [2.05, 4.69) is 41.9 Å². The highest BCUT2D eigenvalue weighted by Gasteiger charge is 2.29. The van der Waals surface area contributed by atoms with Crippen molar-refractivity contribution in [1.29, 1.82) is 0 Å². The van der Waals surface area contributed by atoms with E-state index in [0.717, 1.165) is 18.2 Å². The van der Waals surface area contributed by atoms with Crippen molar-refractivity contribution >= 4 is 22.8 Å². The van der Waals surface area contributed by atoms with E-state index in [1.807, 2.05) is 4.57 Å². The quantitative estimate of drug-likeness (QED) is 0.713. The first-order valence-corrected chi connectivity index (χ1v) is 8.49. The average Bonchev–Trinajstić information content (AvgIpc) is 3.13. The molecule has 7 nitrogen and oxygen atoms in total. The Morgan fingerprint density at radius 2 is 1.92 bits per heavy atom. The minimum atomic E-state index is -0.324. The standard InChI is InChI=1S/C18H21N5O2/c1-5-21-16(24)14-15(20(4)18(21)25)19-17-22(8-9-23(14)17)13-7-6-11(2)10-12(13)3/h6-7,10H,5,8-9H2,1-4H3. The lowest BCUT2D eigenvalue weighted by atomic mass is 10.1. The molecule has 0 spiro atoms. The average molecular weight is 339 g/mol. The number of rotatable bonds is 2. The van der Waals surface area contributed by atoms with Crippen LogP contribution in [-0.4, -0.2) is 25.2 Å². The number of aromatic nitrogens is 4. The first-order valence-electron chi connectivity index (χ1n) is 8.49. The van der Waals surface area contributed by atoms with Crippen LogP contribution in [0, 0.1) is 13.8 Å². The number of benzene rings is 1. The third kappa shape index (κ3) is 2.08. The molecule has 0 fully saturated rings. The molecule has 2 aromatic heterocycles. The Morgan fingerprint density at radius 1 is 1.16 bits per heavy atom. The summed E-state index contributed by atoms with van der Waals surface area (Å²) >= 11 is 0. The normalized spacial score (nSPS) is 13.7. The molecule has 0 saturated heterocycles.